The molecule has 0 unspecified atom stereocenters. The van der Waals surface area contributed by atoms with Gasteiger partial charge in [0.1, 0.15) is 37.9 Å². The molecule has 8 heteroatoms. The van der Waals surface area contributed by atoms with Gasteiger partial charge in [-0.2, -0.15) is 0 Å². The van der Waals surface area contributed by atoms with Gasteiger partial charge in [-0.05, 0) is 35.4 Å². The minimum Gasteiger partial charge on any atom is -0.491 e. The second-order valence-corrected chi connectivity index (χ2v) is 8.27. The fourth-order valence-corrected chi connectivity index (χ4v) is 3.65. The molecule has 2 aromatic heterocycles. The monoisotopic (exact) mass is 496 g/mol. The van der Waals surface area contributed by atoms with E-state index in [0.29, 0.717) is 66.1 Å². The Kier molecular flexibility index (Phi) is 11.0. The number of hydrogen-bond donors (Lipinski definition) is 0. The van der Waals surface area contributed by atoms with E-state index in [1.165, 1.54) is 11.1 Å². The summed E-state index contributed by atoms with van der Waals surface area (Å²) in [6.07, 6.45) is 8.34. The quantitative estimate of drug-likeness (QED) is 0.446. The molecule has 6 aliphatic rings. The Hall–Kier alpha value is -3.04. The van der Waals surface area contributed by atoms with Gasteiger partial charge in [0.2, 0.25) is 0 Å². The maximum atomic E-state index is 5.71. The zero-order valence-electron chi connectivity index (χ0n) is 20.8. The lowest BCUT2D eigenvalue weighted by Gasteiger charge is -2.10. The molecule has 1 aromatic carbocycles. The molecule has 3 aromatic rings. The van der Waals surface area contributed by atoms with E-state index in [2.05, 4.69) is 58.2 Å². The van der Waals surface area contributed by atoms with Crippen LogP contribution in [0.5, 0.6) is 11.5 Å². The molecule has 6 aliphatic heterocycles. The van der Waals surface area contributed by atoms with Gasteiger partial charge in [-0.3, -0.25) is 0 Å². The summed E-state index contributed by atoms with van der Waals surface area (Å²) in [5.41, 5.74) is 2.37. The number of hydrogen-bond acceptors (Lipinski definition) is 6. The molecule has 0 amide bonds. The molecule has 8 nitrogen and oxygen atoms in total. The summed E-state index contributed by atoms with van der Waals surface area (Å²) in [6, 6.07) is 16.1. The zero-order valence-corrected chi connectivity index (χ0v) is 20.8. The molecule has 0 saturated heterocycles. The van der Waals surface area contributed by atoms with Gasteiger partial charge < -0.3 is 28.4 Å². The van der Waals surface area contributed by atoms with Crippen LogP contribution >= 0.6 is 0 Å². The lowest BCUT2D eigenvalue weighted by molar-refractivity contribution is -0.698. The van der Waals surface area contributed by atoms with Crippen molar-refractivity contribution in [2.24, 2.45) is 0 Å². The van der Waals surface area contributed by atoms with Gasteiger partial charge in [-0.25, -0.2) is 9.13 Å². The zero-order chi connectivity index (χ0) is 24.7. The molecule has 0 radical (unpaired) electrons. The average molecular weight is 497 g/mol. The molecule has 0 fully saturated rings. The summed E-state index contributed by atoms with van der Waals surface area (Å²) in [5, 5.41) is 0. The highest BCUT2D eigenvalue weighted by Crippen LogP contribution is 2.17. The normalized spacial score (nSPS) is 17.2. The summed E-state index contributed by atoms with van der Waals surface area (Å²) in [7, 11) is 0. The Morgan fingerprint density at radius 1 is 0.389 bits per heavy atom. The highest BCUT2D eigenvalue weighted by molar-refractivity contribution is 5.60. The van der Waals surface area contributed by atoms with E-state index in [0.717, 1.165) is 24.6 Å². The molecule has 0 saturated carbocycles. The second-order valence-electron chi connectivity index (χ2n) is 8.27. The van der Waals surface area contributed by atoms with Crippen molar-refractivity contribution in [3.05, 3.63) is 73.3 Å². The van der Waals surface area contributed by atoms with Gasteiger partial charge in [-0.1, -0.05) is 0 Å². The van der Waals surface area contributed by atoms with Crippen LogP contribution in [-0.4, -0.2) is 66.1 Å². The Bertz CT molecular complexity index is 914. The molecule has 0 N–H and O–H groups in total. The predicted molar refractivity (Wildman–Crippen MR) is 133 cm³/mol. The molecular weight excluding hydrogens is 460 g/mol. The van der Waals surface area contributed by atoms with E-state index in [1.807, 2.05) is 24.3 Å². The van der Waals surface area contributed by atoms with Crippen LogP contribution in [0.15, 0.2) is 73.3 Å². The fourth-order valence-electron chi connectivity index (χ4n) is 3.65. The maximum Gasteiger partial charge on any atom is 0.171 e. The first-order valence-corrected chi connectivity index (χ1v) is 12.5. The third kappa shape index (κ3) is 9.20. The van der Waals surface area contributed by atoms with Crippen LogP contribution in [0, 0.1) is 0 Å². The van der Waals surface area contributed by atoms with Crippen LogP contribution in [0.4, 0.5) is 0 Å². The smallest absolute Gasteiger partial charge is 0.171 e. The summed E-state index contributed by atoms with van der Waals surface area (Å²) in [5.74, 6) is 1.57. The topological polar surface area (TPSA) is 63.1 Å². The Labute approximate surface area is 212 Å². The molecule has 36 heavy (non-hydrogen) atoms. The van der Waals surface area contributed by atoms with E-state index >= 15 is 0 Å². The van der Waals surface area contributed by atoms with Crippen molar-refractivity contribution < 1.29 is 37.6 Å². The third-order valence-corrected chi connectivity index (χ3v) is 5.66. The number of rotatable bonds is 0. The summed E-state index contributed by atoms with van der Waals surface area (Å²) < 4.78 is 38.3. The van der Waals surface area contributed by atoms with Gasteiger partial charge in [0.15, 0.2) is 37.9 Å². The van der Waals surface area contributed by atoms with Crippen LogP contribution in [0.25, 0.3) is 11.1 Å². The van der Waals surface area contributed by atoms with Gasteiger partial charge in [0.05, 0.1) is 39.6 Å². The average Bonchev–Trinajstić information content (AvgIpc) is 2.92. The summed E-state index contributed by atoms with van der Waals surface area (Å²) in [6.45, 7) is 7.06. The van der Waals surface area contributed by atoms with Crippen LogP contribution < -0.4 is 18.6 Å². The molecule has 8 heterocycles. The minimum absolute atomic E-state index is 0.486. The van der Waals surface area contributed by atoms with Gasteiger partial charge in [0, 0.05) is 24.3 Å². The number of aromatic nitrogens is 2. The van der Waals surface area contributed by atoms with E-state index in [4.69, 9.17) is 28.4 Å². The third-order valence-electron chi connectivity index (χ3n) is 5.66. The molecule has 0 atom stereocenters. The molecule has 0 aliphatic carbocycles. The number of ether oxygens (including phenoxy) is 6. The maximum absolute atomic E-state index is 5.71. The van der Waals surface area contributed by atoms with Gasteiger partial charge in [0.25, 0.3) is 0 Å². The van der Waals surface area contributed by atoms with Crippen molar-refractivity contribution >= 4 is 0 Å². The van der Waals surface area contributed by atoms with Crippen LogP contribution in [0.1, 0.15) is 0 Å². The molecule has 0 spiro atoms. The Morgan fingerprint density at radius 3 is 1.11 bits per heavy atom. The highest BCUT2D eigenvalue weighted by atomic mass is 16.5. The van der Waals surface area contributed by atoms with Crippen molar-refractivity contribution in [2.45, 2.75) is 13.1 Å². The van der Waals surface area contributed by atoms with E-state index in [9.17, 15) is 0 Å². The lowest BCUT2D eigenvalue weighted by atomic mass is 10.1. The fraction of sp³-hybridized carbons (Fsp3) is 0.429. The van der Waals surface area contributed by atoms with Crippen LogP contribution in [0.3, 0.4) is 0 Å². The second kappa shape index (κ2) is 15.2. The number of pyridine rings is 2. The van der Waals surface area contributed by atoms with Gasteiger partial charge in [-0.15, -0.1) is 0 Å². The first-order valence-electron chi connectivity index (χ1n) is 12.5. The first kappa shape index (κ1) is 26.0. The Morgan fingerprint density at radius 2 is 0.722 bits per heavy atom. The van der Waals surface area contributed by atoms with Crippen LogP contribution in [-0.2, 0) is 32.0 Å². The van der Waals surface area contributed by atoms with Crippen molar-refractivity contribution in [1.82, 2.24) is 0 Å². The largest absolute Gasteiger partial charge is 0.491 e. The van der Waals surface area contributed by atoms with E-state index in [1.54, 1.807) is 0 Å². The summed E-state index contributed by atoms with van der Waals surface area (Å²) in [4.78, 5) is 0. The molecule has 6 bridgehead atoms. The predicted octanol–water partition coefficient (Wildman–Crippen LogP) is 2.47. The number of benzene rings is 1. The minimum atomic E-state index is 0.486. The molecule has 192 valence electrons. The summed E-state index contributed by atoms with van der Waals surface area (Å²) >= 11 is 0. The SMILES string of the molecule is c1cc2ccc1OCCOCCOCC[n+]1ccc(cc1)-c1cc[n+](cc1)CCOCCOCCO2. The van der Waals surface area contributed by atoms with E-state index in [-0.39, 0.29) is 0 Å². The molecular formula is C28H36N2O6+2. The van der Waals surface area contributed by atoms with Crippen molar-refractivity contribution in [1.29, 1.82) is 0 Å². The van der Waals surface area contributed by atoms with Crippen molar-refractivity contribution in [2.75, 3.05) is 66.1 Å². The number of nitrogens with zero attached hydrogens (tertiary/aromatic N) is 2. The first-order chi connectivity index (χ1) is 17.9. The highest BCUT2D eigenvalue weighted by Gasteiger charge is 2.06. The van der Waals surface area contributed by atoms with Crippen molar-refractivity contribution in [3.63, 3.8) is 0 Å². The van der Waals surface area contributed by atoms with Gasteiger partial charge >= 0.3 is 0 Å². The van der Waals surface area contributed by atoms with E-state index < -0.39 is 0 Å². The van der Waals surface area contributed by atoms with Crippen LogP contribution in [0.2, 0.25) is 0 Å². The van der Waals surface area contributed by atoms with Crippen molar-refractivity contribution in [3.8, 4) is 22.6 Å². The Balaban J connectivity index is 1.26. The molecule has 9 rings (SSSR count). The lowest BCUT2D eigenvalue weighted by Crippen LogP contribution is -2.35. The standard InChI is InChI=1S/C28H36N2O6/c1-2-28-4-3-27(1)35-23-21-33-19-17-31-15-13-29-9-5-25(6-10-29)26-7-11-30(12-8-26)14-16-32-18-20-34-22-24-36-28/h1-12H,13-24H2/q+2.